The minimum Gasteiger partial charge on any atom is -0.562 e. The van der Waals surface area contributed by atoms with Gasteiger partial charge in [-0.25, -0.2) is 4.79 Å². The number of aliphatic carboxylic acids is 1. The molecule has 0 radical (unpaired) electrons. The molecule has 1 saturated heterocycles. The van der Waals surface area contributed by atoms with Crippen LogP contribution in [0.4, 0.5) is 0 Å². The van der Waals surface area contributed by atoms with Crippen LogP contribution in [-0.4, -0.2) is 78.4 Å². The molecule has 1 aromatic carbocycles. The van der Waals surface area contributed by atoms with Gasteiger partial charge in [-0.05, 0) is 16.1 Å². The number of β-lactam (4-membered cyclic amide) rings is 1. The topological polar surface area (TPSA) is 203 Å². The number of amides is 2. The van der Waals surface area contributed by atoms with Crippen LogP contribution >= 0.6 is 35.9 Å². The lowest BCUT2D eigenvalue weighted by molar-refractivity contribution is -1.22. The van der Waals surface area contributed by atoms with Crippen LogP contribution in [0.2, 0.25) is 0 Å². The van der Waals surface area contributed by atoms with E-state index in [0.717, 1.165) is 22.2 Å². The second kappa shape index (κ2) is 12.2. The monoisotopic (exact) mass is 564 g/mol. The van der Waals surface area contributed by atoms with Crippen molar-refractivity contribution in [1.82, 2.24) is 10.2 Å². The third-order valence-corrected chi connectivity index (χ3v) is 7.61. The summed E-state index contributed by atoms with van der Waals surface area (Å²) < 4.78 is 4.89. The van der Waals surface area contributed by atoms with Gasteiger partial charge < -0.3 is 20.4 Å². The van der Waals surface area contributed by atoms with Gasteiger partial charge in [0.1, 0.15) is 23.7 Å². The molecule has 0 aliphatic carbocycles. The number of rotatable bonds is 10. The number of hydrogen-bond donors (Lipinski definition) is 5. The van der Waals surface area contributed by atoms with Gasteiger partial charge in [-0.1, -0.05) is 36.0 Å². The Labute approximate surface area is 220 Å². The Morgan fingerprint density at radius 1 is 1.31 bits per heavy atom. The first-order valence-corrected chi connectivity index (χ1v) is 12.3. The van der Waals surface area contributed by atoms with Crippen LogP contribution in [0.3, 0.4) is 0 Å². The van der Waals surface area contributed by atoms with Crippen molar-refractivity contribution in [2.24, 2.45) is 5.73 Å². The van der Waals surface area contributed by atoms with E-state index in [9.17, 15) is 29.5 Å². The van der Waals surface area contributed by atoms with Gasteiger partial charge in [0.15, 0.2) is 0 Å². The molecule has 36 heavy (non-hydrogen) atoms. The van der Waals surface area contributed by atoms with E-state index < -0.39 is 45.6 Å². The number of carboxylic acids is 1. The molecule has 16 heteroatoms. The van der Waals surface area contributed by atoms with Crippen LogP contribution in [0, 0.1) is 5.21 Å². The standard InChI is InChI=1S/C20H24N4O9S2.ClH/c1-10(25)33-7-13-9-34-18-15(17(27)23(18)16(13)19(28)29)22-14(26)6-11-2-4-12(5-3-11)8-35-20(21)24(30,31)32;/h2-5,15,18,20,30-31H,6-9,21H2,1H3,(H,22,26)(H,28,29);1H. The lowest BCUT2D eigenvalue weighted by Crippen LogP contribution is -2.70. The molecule has 0 aromatic heterocycles. The van der Waals surface area contributed by atoms with Crippen LogP contribution in [0.5, 0.6) is 0 Å². The molecule has 2 aliphatic rings. The third kappa shape index (κ3) is 7.10. The highest BCUT2D eigenvalue weighted by atomic mass is 35.5. The fourth-order valence-corrected chi connectivity index (χ4v) is 5.50. The molecule has 2 heterocycles. The van der Waals surface area contributed by atoms with Gasteiger partial charge in [0, 0.05) is 24.0 Å². The Hall–Kier alpha value is -2.37. The number of halogens is 1. The summed E-state index contributed by atoms with van der Waals surface area (Å²) in [5.41, 5.74) is 5.33. The molecule has 1 fully saturated rings. The summed E-state index contributed by atoms with van der Waals surface area (Å²) in [6.07, 6.45) is -0.0265. The first kappa shape index (κ1) is 29.9. The van der Waals surface area contributed by atoms with Crippen molar-refractivity contribution in [3.05, 3.63) is 51.9 Å². The van der Waals surface area contributed by atoms with E-state index in [4.69, 9.17) is 20.9 Å². The van der Waals surface area contributed by atoms with Gasteiger partial charge >= 0.3 is 11.9 Å². The lowest BCUT2D eigenvalue weighted by Gasteiger charge is -2.49. The van der Waals surface area contributed by atoms with E-state index in [2.05, 4.69) is 5.32 Å². The quantitative estimate of drug-likeness (QED) is 0.0867. The predicted molar refractivity (Wildman–Crippen MR) is 130 cm³/mol. The van der Waals surface area contributed by atoms with Crippen molar-refractivity contribution >= 4 is 59.7 Å². The van der Waals surface area contributed by atoms with E-state index in [1.165, 1.54) is 18.7 Å². The number of hydrogen-bond acceptors (Lipinski definition) is 11. The number of carboxylic acid groups (broad SMARTS) is 1. The molecule has 2 amide bonds. The van der Waals surface area contributed by atoms with Gasteiger partial charge in [0.05, 0.1) is 6.42 Å². The summed E-state index contributed by atoms with van der Waals surface area (Å²) in [7, 11) is 0. The number of esters is 1. The normalized spacial score (nSPS) is 20.0. The van der Waals surface area contributed by atoms with Gasteiger partial charge in [-0.3, -0.25) is 25.0 Å². The van der Waals surface area contributed by atoms with E-state index in [0.29, 0.717) is 11.1 Å². The number of nitrogens with two attached hydrogens (primary N) is 1. The largest absolute Gasteiger partial charge is 0.562 e. The number of thioether (sulfide) groups is 2. The third-order valence-electron chi connectivity index (χ3n) is 5.16. The SMILES string of the molecule is CC(=O)OCC1=C(C(=O)O)N2C(=O)C(NC(=O)Cc3ccc(CSC(N)[N+]([O-])(O)O)cc3)C2SC1.Cl. The summed E-state index contributed by atoms with van der Waals surface area (Å²) in [6.45, 7) is 0.974. The first-order valence-electron chi connectivity index (χ1n) is 10.2. The molecule has 1 aromatic rings. The molecule has 0 saturated carbocycles. The zero-order valence-electron chi connectivity index (χ0n) is 18.9. The number of ether oxygens (including phenoxy) is 1. The van der Waals surface area contributed by atoms with Crippen molar-refractivity contribution in [3.63, 3.8) is 0 Å². The van der Waals surface area contributed by atoms with E-state index in [-0.39, 0.29) is 42.6 Å². The number of nitrogens with zero attached hydrogens (tertiary/aromatic N) is 2. The number of quaternary nitrogens is 1. The zero-order chi connectivity index (χ0) is 25.9. The highest BCUT2D eigenvalue weighted by molar-refractivity contribution is 8.00. The molecule has 198 valence electrons. The second-order valence-electron chi connectivity index (χ2n) is 7.78. The van der Waals surface area contributed by atoms with Crippen molar-refractivity contribution < 1.29 is 44.4 Å². The average Bonchev–Trinajstić information content (AvgIpc) is 2.78. The average molecular weight is 565 g/mol. The van der Waals surface area contributed by atoms with Crippen molar-refractivity contribution in [1.29, 1.82) is 0 Å². The maximum absolute atomic E-state index is 12.6. The minimum absolute atomic E-state index is 0. The minimum atomic E-state index is -2.60. The van der Waals surface area contributed by atoms with Gasteiger partial charge in [-0.15, -0.1) is 24.2 Å². The summed E-state index contributed by atoms with van der Waals surface area (Å²) in [5.74, 6) is -2.39. The van der Waals surface area contributed by atoms with Gasteiger partial charge in [0.25, 0.3) is 11.4 Å². The van der Waals surface area contributed by atoms with Crippen LogP contribution < -0.4 is 11.1 Å². The number of benzene rings is 1. The van der Waals surface area contributed by atoms with Crippen LogP contribution in [0.15, 0.2) is 35.5 Å². The summed E-state index contributed by atoms with van der Waals surface area (Å²) in [6, 6.07) is 5.86. The molecule has 0 bridgehead atoms. The lowest BCUT2D eigenvalue weighted by atomic mass is 10.0. The molecular weight excluding hydrogens is 540 g/mol. The Bertz CT molecular complexity index is 1050. The second-order valence-corrected chi connectivity index (χ2v) is 9.99. The van der Waals surface area contributed by atoms with E-state index in [1.807, 2.05) is 0 Å². The highest BCUT2D eigenvalue weighted by Crippen LogP contribution is 2.40. The van der Waals surface area contributed by atoms with E-state index in [1.54, 1.807) is 24.3 Å². The van der Waals surface area contributed by atoms with Crippen LogP contribution in [0.1, 0.15) is 18.1 Å². The number of carbonyl (C=O) groups is 4. The number of carbonyl (C=O) groups excluding carboxylic acids is 3. The molecule has 13 nitrogen and oxygen atoms in total. The molecular formula is C20H25ClN4O9S2. The number of fused-ring (bicyclic) bond motifs is 1. The smallest absolute Gasteiger partial charge is 0.352 e. The van der Waals surface area contributed by atoms with Crippen LogP contribution in [0.25, 0.3) is 0 Å². The molecule has 2 aliphatic heterocycles. The molecule has 3 unspecified atom stereocenters. The van der Waals surface area contributed by atoms with Gasteiger partial charge in [-0.2, -0.15) is 10.4 Å². The maximum atomic E-state index is 12.6. The number of hydroxylamine groups is 3. The van der Waals surface area contributed by atoms with Crippen molar-refractivity contribution in [3.8, 4) is 0 Å². The fourth-order valence-electron chi connectivity index (χ4n) is 3.43. The van der Waals surface area contributed by atoms with Crippen molar-refractivity contribution in [2.75, 3.05) is 12.4 Å². The van der Waals surface area contributed by atoms with Crippen molar-refractivity contribution in [2.45, 2.75) is 36.0 Å². The molecule has 0 spiro atoms. The zero-order valence-corrected chi connectivity index (χ0v) is 21.3. The molecule has 6 N–H and O–H groups in total. The maximum Gasteiger partial charge on any atom is 0.352 e. The Balaban J connectivity index is 0.00000456. The highest BCUT2D eigenvalue weighted by Gasteiger charge is 2.54. The first-order chi connectivity index (χ1) is 16.4. The van der Waals surface area contributed by atoms with Crippen LogP contribution in [-0.2, 0) is 36.1 Å². The Kier molecular flexibility index (Phi) is 10.2. The summed E-state index contributed by atoms with van der Waals surface area (Å²) in [5, 5.41) is 40.3. The summed E-state index contributed by atoms with van der Waals surface area (Å²) >= 11 is 2.11. The van der Waals surface area contributed by atoms with Gasteiger partial charge in [0.2, 0.25) is 5.91 Å². The molecule has 3 rings (SSSR count). The summed E-state index contributed by atoms with van der Waals surface area (Å²) in [4.78, 5) is 46.5. The fraction of sp³-hybridized carbons (Fsp3) is 0.400. The number of nitrogens with one attached hydrogen (secondary N) is 1. The Morgan fingerprint density at radius 3 is 2.47 bits per heavy atom. The molecule has 3 atom stereocenters. The Morgan fingerprint density at radius 2 is 1.92 bits per heavy atom. The van der Waals surface area contributed by atoms with E-state index >= 15 is 0 Å². The predicted octanol–water partition coefficient (Wildman–Crippen LogP) is 0.521.